The van der Waals surface area contributed by atoms with Crippen molar-refractivity contribution in [1.82, 2.24) is 20.2 Å². The van der Waals surface area contributed by atoms with Crippen LogP contribution in [0.25, 0.3) is 0 Å². The molecule has 3 rings (SSSR count). The molecule has 1 aliphatic heterocycles. The molecule has 0 spiro atoms. The number of tetrazole rings is 1. The summed E-state index contributed by atoms with van der Waals surface area (Å²) >= 11 is 1.67. The highest BCUT2D eigenvalue weighted by atomic mass is 32.2. The first-order chi connectivity index (χ1) is 10.7. The molecule has 0 saturated carbocycles. The van der Waals surface area contributed by atoms with Crippen LogP contribution in [0.5, 0.6) is 0 Å². The third-order valence-corrected chi connectivity index (χ3v) is 4.74. The van der Waals surface area contributed by atoms with E-state index in [1.54, 1.807) is 11.8 Å². The third-order valence-electron chi connectivity index (χ3n) is 3.73. The van der Waals surface area contributed by atoms with Gasteiger partial charge in [-0.25, -0.2) is 4.68 Å². The molecule has 0 N–H and O–H groups in total. The molecule has 1 aliphatic rings. The second kappa shape index (κ2) is 7.11. The van der Waals surface area contributed by atoms with Gasteiger partial charge in [0.05, 0.1) is 12.6 Å². The smallest absolute Gasteiger partial charge is 0.209 e. The summed E-state index contributed by atoms with van der Waals surface area (Å²) in [5, 5.41) is 12.9. The third kappa shape index (κ3) is 3.59. The summed E-state index contributed by atoms with van der Waals surface area (Å²) in [7, 11) is 4.12. The summed E-state index contributed by atoms with van der Waals surface area (Å²) in [6.07, 6.45) is 2.47. The lowest BCUT2D eigenvalue weighted by atomic mass is 10.2. The maximum Gasteiger partial charge on any atom is 0.209 e. The molecule has 0 radical (unpaired) electrons. The van der Waals surface area contributed by atoms with Gasteiger partial charge in [-0.05, 0) is 34.9 Å². The van der Waals surface area contributed by atoms with Gasteiger partial charge in [0, 0.05) is 32.1 Å². The zero-order valence-corrected chi connectivity index (χ0v) is 13.8. The van der Waals surface area contributed by atoms with Crippen molar-refractivity contribution >= 4 is 17.4 Å². The molecule has 0 aliphatic carbocycles. The van der Waals surface area contributed by atoms with Crippen LogP contribution in [0.1, 0.15) is 18.4 Å². The number of benzene rings is 1. The molecule has 22 heavy (non-hydrogen) atoms. The summed E-state index contributed by atoms with van der Waals surface area (Å²) < 4.78 is 7.52. The Balaban J connectivity index is 1.66. The number of nitrogens with zero attached hydrogens (tertiary/aromatic N) is 5. The number of hydrogen-bond donors (Lipinski definition) is 0. The van der Waals surface area contributed by atoms with E-state index in [0.717, 1.165) is 36.9 Å². The molecule has 2 aromatic rings. The van der Waals surface area contributed by atoms with E-state index in [4.69, 9.17) is 4.74 Å². The fraction of sp³-hybridized carbons (Fsp3) is 0.533. The van der Waals surface area contributed by atoms with Crippen molar-refractivity contribution in [2.75, 3.05) is 25.6 Å². The molecule has 0 amide bonds. The van der Waals surface area contributed by atoms with Crippen LogP contribution in [0.4, 0.5) is 5.69 Å². The van der Waals surface area contributed by atoms with Gasteiger partial charge < -0.3 is 9.64 Å². The first-order valence-corrected chi connectivity index (χ1v) is 8.48. The number of thioether (sulfide) groups is 1. The van der Waals surface area contributed by atoms with Crippen molar-refractivity contribution in [1.29, 1.82) is 0 Å². The van der Waals surface area contributed by atoms with E-state index in [2.05, 4.69) is 58.8 Å². The van der Waals surface area contributed by atoms with Crippen LogP contribution in [-0.4, -0.2) is 47.0 Å². The predicted molar refractivity (Wildman–Crippen MR) is 87.1 cm³/mol. The molecule has 1 atom stereocenters. The predicted octanol–water partition coefficient (Wildman–Crippen LogP) is 2.21. The molecule has 0 unspecified atom stereocenters. The van der Waals surface area contributed by atoms with Gasteiger partial charge >= 0.3 is 0 Å². The summed E-state index contributed by atoms with van der Waals surface area (Å²) in [5.74, 6) is 0.847. The highest BCUT2D eigenvalue weighted by Crippen LogP contribution is 2.27. The van der Waals surface area contributed by atoms with Crippen LogP contribution in [0.3, 0.4) is 0 Å². The van der Waals surface area contributed by atoms with Gasteiger partial charge in [0.25, 0.3) is 0 Å². The van der Waals surface area contributed by atoms with E-state index in [1.807, 2.05) is 4.68 Å². The number of anilines is 1. The maximum absolute atomic E-state index is 5.66. The van der Waals surface area contributed by atoms with E-state index in [1.165, 1.54) is 11.3 Å². The Morgan fingerprint density at radius 3 is 3.00 bits per heavy atom. The summed E-state index contributed by atoms with van der Waals surface area (Å²) in [6.45, 7) is 1.59. The number of rotatable bonds is 6. The second-order valence-electron chi connectivity index (χ2n) is 5.59. The van der Waals surface area contributed by atoms with Crippen LogP contribution < -0.4 is 4.90 Å². The Morgan fingerprint density at radius 2 is 2.23 bits per heavy atom. The van der Waals surface area contributed by atoms with Crippen LogP contribution in [0.2, 0.25) is 0 Å². The highest BCUT2D eigenvalue weighted by Gasteiger charge is 2.19. The largest absolute Gasteiger partial charge is 0.377 e. The SMILES string of the molecule is CN(C)c1ccccc1CSc1nnnn1C[C@@H]1CCCO1. The Kier molecular flexibility index (Phi) is 4.94. The van der Waals surface area contributed by atoms with Crippen LogP contribution in [0, 0.1) is 0 Å². The average molecular weight is 319 g/mol. The summed E-state index contributed by atoms with van der Waals surface area (Å²) in [6, 6.07) is 8.41. The number of aromatic nitrogens is 4. The minimum absolute atomic E-state index is 0.247. The van der Waals surface area contributed by atoms with Crippen LogP contribution in [-0.2, 0) is 17.0 Å². The quantitative estimate of drug-likeness (QED) is 0.761. The Morgan fingerprint density at radius 1 is 1.36 bits per heavy atom. The molecular formula is C15H21N5OS. The molecule has 2 heterocycles. The van der Waals surface area contributed by atoms with E-state index >= 15 is 0 Å². The van der Waals surface area contributed by atoms with Crippen molar-refractivity contribution in [2.45, 2.75) is 36.4 Å². The summed E-state index contributed by atoms with van der Waals surface area (Å²) in [5.41, 5.74) is 2.51. The van der Waals surface area contributed by atoms with E-state index in [-0.39, 0.29) is 6.10 Å². The molecule has 1 fully saturated rings. The lowest BCUT2D eigenvalue weighted by molar-refractivity contribution is 0.0912. The van der Waals surface area contributed by atoms with Gasteiger partial charge in [-0.1, -0.05) is 30.0 Å². The van der Waals surface area contributed by atoms with Gasteiger partial charge in [0.15, 0.2) is 0 Å². The minimum atomic E-state index is 0.247. The number of para-hydroxylation sites is 1. The zero-order chi connectivity index (χ0) is 15.4. The van der Waals surface area contributed by atoms with Gasteiger partial charge in [0.2, 0.25) is 5.16 Å². The Hall–Kier alpha value is -1.60. The standard InChI is InChI=1S/C15H21N5OS/c1-19(2)14-8-4-3-6-12(14)11-22-15-16-17-18-20(15)10-13-7-5-9-21-13/h3-4,6,8,13H,5,7,9-11H2,1-2H3/t13-/m0/s1. The van der Waals surface area contributed by atoms with E-state index in [0.29, 0.717) is 0 Å². The average Bonchev–Trinajstić information content (AvgIpc) is 3.18. The number of hydrogen-bond acceptors (Lipinski definition) is 6. The number of ether oxygens (including phenoxy) is 1. The Bertz CT molecular complexity index is 609. The molecular weight excluding hydrogens is 298 g/mol. The van der Waals surface area contributed by atoms with Crippen LogP contribution in [0.15, 0.2) is 29.4 Å². The Labute approximate surface area is 134 Å². The maximum atomic E-state index is 5.66. The van der Waals surface area contributed by atoms with Crippen LogP contribution >= 0.6 is 11.8 Å². The van der Waals surface area contributed by atoms with Gasteiger partial charge in [-0.3, -0.25) is 0 Å². The van der Waals surface area contributed by atoms with Gasteiger partial charge in [-0.15, -0.1) is 5.10 Å². The zero-order valence-electron chi connectivity index (χ0n) is 13.0. The molecule has 6 nitrogen and oxygen atoms in total. The van der Waals surface area contributed by atoms with Crippen molar-refractivity contribution < 1.29 is 4.74 Å². The topological polar surface area (TPSA) is 56.1 Å². The van der Waals surface area contributed by atoms with E-state index < -0.39 is 0 Å². The fourth-order valence-corrected chi connectivity index (χ4v) is 3.49. The monoisotopic (exact) mass is 319 g/mol. The molecule has 118 valence electrons. The van der Waals surface area contributed by atoms with Crippen molar-refractivity contribution in [3.05, 3.63) is 29.8 Å². The highest BCUT2D eigenvalue weighted by molar-refractivity contribution is 7.98. The van der Waals surface area contributed by atoms with Gasteiger partial charge in [0.1, 0.15) is 0 Å². The molecule has 1 aromatic carbocycles. The van der Waals surface area contributed by atoms with Crippen molar-refractivity contribution in [2.24, 2.45) is 0 Å². The second-order valence-corrected chi connectivity index (χ2v) is 6.53. The first-order valence-electron chi connectivity index (χ1n) is 7.50. The van der Waals surface area contributed by atoms with Crippen molar-refractivity contribution in [3.63, 3.8) is 0 Å². The normalized spacial score (nSPS) is 17.8. The lowest BCUT2D eigenvalue weighted by Crippen LogP contribution is -2.17. The van der Waals surface area contributed by atoms with Gasteiger partial charge in [-0.2, -0.15) is 0 Å². The lowest BCUT2D eigenvalue weighted by Gasteiger charge is -2.17. The van der Waals surface area contributed by atoms with E-state index in [9.17, 15) is 0 Å². The molecule has 1 aromatic heterocycles. The molecule has 1 saturated heterocycles. The minimum Gasteiger partial charge on any atom is -0.377 e. The summed E-state index contributed by atoms with van der Waals surface area (Å²) in [4.78, 5) is 2.13. The van der Waals surface area contributed by atoms with Crippen molar-refractivity contribution in [3.8, 4) is 0 Å². The fourth-order valence-electron chi connectivity index (χ4n) is 2.61. The molecule has 0 bridgehead atoms. The first kappa shape index (κ1) is 15.3. The molecule has 7 heteroatoms.